The van der Waals surface area contributed by atoms with E-state index in [9.17, 15) is 27.6 Å². The topological polar surface area (TPSA) is 94.2 Å². The Morgan fingerprint density at radius 3 is 2.32 bits per heavy atom. The van der Waals surface area contributed by atoms with E-state index in [-0.39, 0.29) is 18.9 Å². The molecule has 1 heterocycles. The molecule has 8 nitrogen and oxygen atoms in total. The van der Waals surface area contributed by atoms with E-state index in [4.69, 9.17) is 14.2 Å². The van der Waals surface area contributed by atoms with Gasteiger partial charge in [-0.05, 0) is 48.5 Å². The predicted molar refractivity (Wildman–Crippen MR) is 131 cm³/mol. The molecule has 3 aromatic carbocycles. The van der Waals surface area contributed by atoms with Crippen molar-refractivity contribution in [2.24, 2.45) is 5.92 Å². The van der Waals surface area contributed by atoms with Gasteiger partial charge in [0.15, 0.2) is 18.1 Å². The van der Waals surface area contributed by atoms with E-state index in [1.165, 1.54) is 24.1 Å². The summed E-state index contributed by atoms with van der Waals surface area (Å²) in [6, 6.07) is 18.3. The number of amides is 2. The van der Waals surface area contributed by atoms with Crippen molar-refractivity contribution in [3.05, 3.63) is 78.4 Å². The standard InChI is InChI=1S/C27H23F3N2O6/c1-36-22-8-4-5-9-23(22)38-19-12-10-18(11-13-19)32-15-17(14-25(32)34)26(35)37-16-24(33)31-21-7-3-2-6-20(21)27(28,29)30/h2-13,17H,14-16H2,1H3,(H,31,33)/t17-/m0/s1. The van der Waals surface area contributed by atoms with Crippen LogP contribution in [0.4, 0.5) is 24.5 Å². The molecule has 0 unspecified atom stereocenters. The van der Waals surface area contributed by atoms with E-state index in [2.05, 4.69) is 5.32 Å². The van der Waals surface area contributed by atoms with Crippen LogP contribution in [0.2, 0.25) is 0 Å². The minimum absolute atomic E-state index is 0.0307. The first-order valence-electron chi connectivity index (χ1n) is 11.5. The summed E-state index contributed by atoms with van der Waals surface area (Å²) in [5, 5.41) is 2.10. The van der Waals surface area contributed by atoms with Crippen LogP contribution >= 0.6 is 0 Å². The number of anilines is 2. The monoisotopic (exact) mass is 528 g/mol. The molecular formula is C27H23F3N2O6. The van der Waals surface area contributed by atoms with Crippen molar-refractivity contribution in [2.45, 2.75) is 12.6 Å². The van der Waals surface area contributed by atoms with Crippen LogP contribution in [0.15, 0.2) is 72.8 Å². The summed E-state index contributed by atoms with van der Waals surface area (Å²) < 4.78 is 55.4. The van der Waals surface area contributed by atoms with Gasteiger partial charge in [-0.3, -0.25) is 14.4 Å². The van der Waals surface area contributed by atoms with Gasteiger partial charge in [-0.2, -0.15) is 13.2 Å². The molecule has 0 aromatic heterocycles. The summed E-state index contributed by atoms with van der Waals surface area (Å²) in [5.41, 5.74) is -0.920. The Morgan fingerprint density at radius 1 is 0.974 bits per heavy atom. The number of esters is 1. The maximum absolute atomic E-state index is 13.1. The highest BCUT2D eigenvalue weighted by Crippen LogP contribution is 2.35. The van der Waals surface area contributed by atoms with Gasteiger partial charge in [-0.25, -0.2) is 0 Å². The number of nitrogens with zero attached hydrogens (tertiary/aromatic N) is 1. The van der Waals surface area contributed by atoms with Gasteiger partial charge in [0.1, 0.15) is 5.75 Å². The van der Waals surface area contributed by atoms with Gasteiger partial charge >= 0.3 is 12.1 Å². The third kappa shape index (κ3) is 6.23. The molecule has 1 saturated heterocycles. The number of para-hydroxylation sites is 3. The first-order chi connectivity index (χ1) is 18.2. The number of halogens is 3. The SMILES string of the molecule is COc1ccccc1Oc1ccc(N2C[C@@H](C(=O)OCC(=O)Nc3ccccc3C(F)(F)F)CC2=O)cc1. The van der Waals surface area contributed by atoms with Gasteiger partial charge in [-0.1, -0.05) is 24.3 Å². The van der Waals surface area contributed by atoms with Gasteiger partial charge in [-0.15, -0.1) is 0 Å². The summed E-state index contributed by atoms with van der Waals surface area (Å²) >= 11 is 0. The van der Waals surface area contributed by atoms with Crippen molar-refractivity contribution >= 4 is 29.2 Å². The van der Waals surface area contributed by atoms with Crippen LogP contribution in [-0.4, -0.2) is 38.0 Å². The van der Waals surface area contributed by atoms with Crippen molar-refractivity contribution in [1.82, 2.24) is 0 Å². The normalized spacial score (nSPS) is 15.2. The molecule has 38 heavy (non-hydrogen) atoms. The molecule has 0 aliphatic carbocycles. The molecule has 0 spiro atoms. The minimum Gasteiger partial charge on any atom is -0.493 e. The third-order valence-corrected chi connectivity index (χ3v) is 5.76. The number of hydrogen-bond donors (Lipinski definition) is 1. The molecule has 3 aromatic rings. The molecule has 0 bridgehead atoms. The van der Waals surface area contributed by atoms with Crippen LogP contribution in [0.25, 0.3) is 0 Å². The molecule has 1 aliphatic heterocycles. The maximum Gasteiger partial charge on any atom is 0.418 e. The number of carbonyl (C=O) groups excluding carboxylic acids is 3. The number of ether oxygens (including phenoxy) is 3. The molecule has 2 amide bonds. The number of hydrogen-bond acceptors (Lipinski definition) is 6. The summed E-state index contributed by atoms with van der Waals surface area (Å²) in [4.78, 5) is 38.5. The minimum atomic E-state index is -4.66. The summed E-state index contributed by atoms with van der Waals surface area (Å²) in [7, 11) is 1.53. The van der Waals surface area contributed by atoms with Gasteiger partial charge in [0.25, 0.3) is 5.91 Å². The number of alkyl halides is 3. The summed E-state index contributed by atoms with van der Waals surface area (Å²) in [5.74, 6) is -1.27. The Labute approximate surface area is 215 Å². The van der Waals surface area contributed by atoms with Crippen LogP contribution < -0.4 is 19.7 Å². The third-order valence-electron chi connectivity index (χ3n) is 5.76. The van der Waals surface area contributed by atoms with Crippen LogP contribution in [0.5, 0.6) is 17.2 Å². The Morgan fingerprint density at radius 2 is 1.63 bits per heavy atom. The lowest BCUT2D eigenvalue weighted by molar-refractivity contribution is -0.151. The fraction of sp³-hybridized carbons (Fsp3) is 0.222. The first-order valence-corrected chi connectivity index (χ1v) is 11.5. The predicted octanol–water partition coefficient (Wildman–Crippen LogP) is 5.04. The van der Waals surface area contributed by atoms with Crippen molar-refractivity contribution in [2.75, 3.05) is 30.5 Å². The molecule has 1 aliphatic rings. The molecule has 1 N–H and O–H groups in total. The highest BCUT2D eigenvalue weighted by molar-refractivity contribution is 6.00. The number of methoxy groups -OCH3 is 1. The van der Waals surface area contributed by atoms with E-state index in [1.807, 2.05) is 6.07 Å². The largest absolute Gasteiger partial charge is 0.493 e. The summed E-state index contributed by atoms with van der Waals surface area (Å²) in [6.45, 7) is -0.756. The fourth-order valence-electron chi connectivity index (χ4n) is 3.92. The van der Waals surface area contributed by atoms with Crippen molar-refractivity contribution < 1.29 is 41.8 Å². The molecule has 0 radical (unpaired) electrons. The van der Waals surface area contributed by atoms with Gasteiger partial charge in [0.2, 0.25) is 5.91 Å². The Bertz CT molecular complexity index is 1330. The van der Waals surface area contributed by atoms with E-state index in [0.717, 1.165) is 12.1 Å². The number of nitrogens with one attached hydrogen (secondary N) is 1. The molecule has 1 atom stereocenters. The van der Waals surface area contributed by atoms with Crippen LogP contribution in [0.3, 0.4) is 0 Å². The van der Waals surface area contributed by atoms with Crippen LogP contribution in [-0.2, 0) is 25.3 Å². The second kappa shape index (κ2) is 11.2. The molecule has 11 heteroatoms. The Balaban J connectivity index is 1.32. The average Bonchev–Trinajstić information content (AvgIpc) is 3.29. The second-order valence-corrected chi connectivity index (χ2v) is 8.35. The molecule has 1 fully saturated rings. The molecule has 4 rings (SSSR count). The Kier molecular flexibility index (Phi) is 7.85. The van der Waals surface area contributed by atoms with E-state index in [0.29, 0.717) is 22.9 Å². The second-order valence-electron chi connectivity index (χ2n) is 8.35. The molecular weight excluding hydrogens is 505 g/mol. The smallest absolute Gasteiger partial charge is 0.418 e. The van der Waals surface area contributed by atoms with Crippen LogP contribution in [0, 0.1) is 5.92 Å². The van der Waals surface area contributed by atoms with E-state index in [1.54, 1.807) is 42.5 Å². The first kappa shape index (κ1) is 26.5. The lowest BCUT2D eigenvalue weighted by Gasteiger charge is -2.17. The highest BCUT2D eigenvalue weighted by Gasteiger charge is 2.37. The maximum atomic E-state index is 13.1. The van der Waals surface area contributed by atoms with Gasteiger partial charge in [0.05, 0.1) is 24.3 Å². The van der Waals surface area contributed by atoms with Gasteiger partial charge in [0, 0.05) is 18.7 Å². The highest BCUT2D eigenvalue weighted by atomic mass is 19.4. The van der Waals surface area contributed by atoms with Crippen LogP contribution in [0.1, 0.15) is 12.0 Å². The molecule has 0 saturated carbocycles. The van der Waals surface area contributed by atoms with Crippen molar-refractivity contribution in [3.8, 4) is 17.2 Å². The molecule has 198 valence electrons. The lowest BCUT2D eigenvalue weighted by atomic mass is 10.1. The van der Waals surface area contributed by atoms with Crippen molar-refractivity contribution in [1.29, 1.82) is 0 Å². The lowest BCUT2D eigenvalue weighted by Crippen LogP contribution is -2.28. The number of rotatable bonds is 8. The quantitative estimate of drug-likeness (QED) is 0.412. The number of benzene rings is 3. The fourth-order valence-corrected chi connectivity index (χ4v) is 3.92. The van der Waals surface area contributed by atoms with Crippen molar-refractivity contribution in [3.63, 3.8) is 0 Å². The Hall–Kier alpha value is -4.54. The average molecular weight is 528 g/mol. The van der Waals surface area contributed by atoms with E-state index < -0.39 is 41.8 Å². The van der Waals surface area contributed by atoms with Gasteiger partial charge < -0.3 is 24.4 Å². The zero-order valence-electron chi connectivity index (χ0n) is 20.2. The number of carbonyl (C=O) groups is 3. The van der Waals surface area contributed by atoms with E-state index >= 15 is 0 Å². The summed E-state index contributed by atoms with van der Waals surface area (Å²) in [6.07, 6.45) is -4.79. The zero-order chi connectivity index (χ0) is 27.3. The zero-order valence-corrected chi connectivity index (χ0v) is 20.2.